The number of azo groups is 2. The number of rotatable bonds is 17. The van der Waals surface area contributed by atoms with Crippen LogP contribution in [0.1, 0.15) is 33.6 Å². The molecule has 0 aromatic heterocycles. The van der Waals surface area contributed by atoms with E-state index in [4.69, 9.17) is 11.5 Å². The monoisotopic (exact) mass is 877 g/mol. The number of hydrogen-bond donors (Lipinski definition) is 7. The molecule has 2 heterocycles. The fraction of sp³-hybridized carbons (Fsp3) is 0.229. The molecule has 65 heavy (non-hydrogen) atoms. The molecule has 2 aliphatic rings. The van der Waals surface area contributed by atoms with Gasteiger partial charge in [0.1, 0.15) is 29.5 Å². The first-order chi connectivity index (χ1) is 31.4. The molecule has 0 fully saturated rings. The number of phenolic OH excluding ortho intramolecular Hbond substituents is 1. The van der Waals surface area contributed by atoms with E-state index in [0.29, 0.717) is 65.9 Å². The molecule has 0 bridgehead atoms. The van der Waals surface area contributed by atoms with Crippen LogP contribution in [0.15, 0.2) is 161 Å². The number of nitrogens with zero attached hydrogens (tertiary/aromatic N) is 8. The molecule has 334 valence electrons. The Morgan fingerprint density at radius 3 is 1.80 bits per heavy atom. The Bertz CT molecular complexity index is 2590. The maximum absolute atomic E-state index is 13.4. The molecule has 2 aliphatic heterocycles. The number of carbonyl (C=O) groups is 2. The number of hydrogen-bond acceptors (Lipinski definition) is 12. The summed E-state index contributed by atoms with van der Waals surface area (Å²) in [5, 5.41) is 35.2. The molecule has 5 aromatic rings. The van der Waals surface area contributed by atoms with Crippen LogP contribution < -0.4 is 31.9 Å². The number of aromatic hydroxyl groups is 1. The van der Waals surface area contributed by atoms with Crippen molar-refractivity contribution in [2.45, 2.75) is 19.1 Å². The van der Waals surface area contributed by atoms with E-state index in [1.165, 1.54) is 0 Å². The number of phenols is 1. The highest BCUT2D eigenvalue weighted by Gasteiger charge is 2.31. The number of amides is 2. The molecule has 0 radical (unpaired) electrons. The van der Waals surface area contributed by atoms with E-state index in [1.807, 2.05) is 109 Å². The van der Waals surface area contributed by atoms with Gasteiger partial charge in [-0.3, -0.25) is 14.5 Å². The quantitative estimate of drug-likeness (QED) is 0.0361. The van der Waals surface area contributed by atoms with Crippen molar-refractivity contribution in [1.29, 1.82) is 0 Å². The highest BCUT2D eigenvalue weighted by atomic mass is 16.3. The van der Waals surface area contributed by atoms with Crippen LogP contribution in [0.3, 0.4) is 0 Å². The molecule has 0 saturated heterocycles. The Kier molecular flexibility index (Phi) is 14.6. The van der Waals surface area contributed by atoms with Gasteiger partial charge in [0.05, 0.1) is 32.0 Å². The summed E-state index contributed by atoms with van der Waals surface area (Å²) in [4.78, 5) is 34.2. The number of nitrogen functional groups attached to an aromatic ring is 2. The van der Waals surface area contributed by atoms with Gasteiger partial charge in [-0.05, 0) is 114 Å². The largest absolute Gasteiger partial charge is 0.524 e. The van der Waals surface area contributed by atoms with Gasteiger partial charge in [0.15, 0.2) is 5.69 Å². The molecule has 0 aliphatic carbocycles. The second-order valence-electron chi connectivity index (χ2n) is 16.1. The van der Waals surface area contributed by atoms with Crippen molar-refractivity contribution in [1.82, 2.24) is 14.7 Å². The minimum atomic E-state index is -0.212. The molecular weight excluding hydrogens is 821 g/mol. The molecular formula is C48H57N14O3+3. The fourth-order valence-corrected chi connectivity index (χ4v) is 7.33. The minimum absolute atomic E-state index is 0.00661. The average Bonchev–Trinajstić information content (AvgIpc) is 3.85. The summed E-state index contributed by atoms with van der Waals surface area (Å²) in [6.07, 6.45) is 9.21. The molecule has 2 amide bonds. The first-order valence-corrected chi connectivity index (χ1v) is 21.4. The van der Waals surface area contributed by atoms with Gasteiger partial charge in [0.2, 0.25) is 0 Å². The van der Waals surface area contributed by atoms with Gasteiger partial charge in [-0.15, -0.1) is 10.2 Å². The van der Waals surface area contributed by atoms with E-state index in [-0.39, 0.29) is 23.9 Å². The topological polar surface area (TPSA) is 202 Å². The van der Waals surface area contributed by atoms with Gasteiger partial charge >= 0.3 is 5.96 Å². The van der Waals surface area contributed by atoms with Crippen LogP contribution in [0.25, 0.3) is 0 Å². The van der Waals surface area contributed by atoms with Crippen LogP contribution in [-0.4, -0.2) is 103 Å². The zero-order valence-corrected chi connectivity index (χ0v) is 37.1. The fourth-order valence-electron chi connectivity index (χ4n) is 7.33. The van der Waals surface area contributed by atoms with Crippen LogP contribution in [0.2, 0.25) is 0 Å². The predicted molar refractivity (Wildman–Crippen MR) is 254 cm³/mol. The third-order valence-corrected chi connectivity index (χ3v) is 11.1. The van der Waals surface area contributed by atoms with Gasteiger partial charge in [0, 0.05) is 98.4 Å². The second kappa shape index (κ2) is 21.0. The SMILES string of the molecule is CN(CCC[NH+]1C=C[N+](C)=C1N=Nc1ccc(Nc2ccc(N)cc2)cc1O)C(=O)c1ccc(C(=O)N(C)CCC[NH+]2C=CN(C)C2N=Nc2ccc(Nc3ccc(N)cc3)cc2)cc1. The number of nitrogens with two attached hydrogens (primary N) is 2. The van der Waals surface area contributed by atoms with Crippen molar-refractivity contribution >= 4 is 63.3 Å². The van der Waals surface area contributed by atoms with Crippen LogP contribution >= 0.6 is 0 Å². The summed E-state index contributed by atoms with van der Waals surface area (Å²) in [5.74, 6) is 0.425. The van der Waals surface area contributed by atoms with Crippen LogP contribution in [-0.2, 0) is 0 Å². The van der Waals surface area contributed by atoms with Crippen LogP contribution in [0.5, 0.6) is 5.75 Å². The molecule has 0 saturated carbocycles. The van der Waals surface area contributed by atoms with E-state index < -0.39 is 0 Å². The normalized spacial score (nSPS) is 16.8. The van der Waals surface area contributed by atoms with Gasteiger partial charge in [0.25, 0.3) is 18.1 Å². The zero-order chi connectivity index (χ0) is 45.9. The van der Waals surface area contributed by atoms with E-state index in [9.17, 15) is 14.7 Å². The molecule has 17 heteroatoms. The van der Waals surface area contributed by atoms with Crippen molar-refractivity contribution in [3.05, 3.63) is 151 Å². The lowest BCUT2D eigenvalue weighted by molar-refractivity contribution is -0.877. The van der Waals surface area contributed by atoms with Crippen molar-refractivity contribution in [2.24, 2.45) is 20.5 Å². The first kappa shape index (κ1) is 45.1. The lowest BCUT2D eigenvalue weighted by Crippen LogP contribution is -3.11. The number of carbonyl (C=O) groups excluding carboxylic acids is 2. The van der Waals surface area contributed by atoms with Gasteiger partial charge in [-0.25, -0.2) is 0 Å². The molecule has 3 atom stereocenters. The summed E-state index contributed by atoms with van der Waals surface area (Å²) < 4.78 is 1.88. The Morgan fingerprint density at radius 2 is 1.23 bits per heavy atom. The zero-order valence-electron chi connectivity index (χ0n) is 37.1. The van der Waals surface area contributed by atoms with Crippen molar-refractivity contribution < 1.29 is 29.1 Å². The van der Waals surface area contributed by atoms with E-state index in [1.54, 1.807) is 72.4 Å². The van der Waals surface area contributed by atoms with Gasteiger partial charge in [-0.2, -0.15) is 9.48 Å². The van der Waals surface area contributed by atoms with Crippen molar-refractivity contribution in [3.8, 4) is 5.75 Å². The Labute approximate surface area is 379 Å². The summed E-state index contributed by atoms with van der Waals surface area (Å²) >= 11 is 0. The highest BCUT2D eigenvalue weighted by Crippen LogP contribution is 2.31. The van der Waals surface area contributed by atoms with Crippen molar-refractivity contribution in [2.75, 3.05) is 76.5 Å². The van der Waals surface area contributed by atoms with Crippen LogP contribution in [0, 0.1) is 0 Å². The third-order valence-electron chi connectivity index (χ3n) is 11.1. The molecule has 9 N–H and O–H groups in total. The maximum Gasteiger partial charge on any atom is 0.524 e. The molecule has 17 nitrogen and oxygen atoms in total. The Balaban J connectivity index is 0.830. The van der Waals surface area contributed by atoms with Crippen LogP contribution in [0.4, 0.5) is 45.5 Å². The number of quaternary nitrogens is 2. The standard InChI is InChI=1S/C48H54N14O3/c1-57(25-5-27-61-31-29-59(3)47(61)55-53-41-21-19-40(20-22-41)51-38-15-11-36(49)12-16-38)45(64)34-7-9-35(10-8-34)46(65)58(2)26-6-28-62-32-30-60(4)48(62)56-54-43-24-23-42(33-44(43)63)52-39-17-13-37(50)14-18-39/h7-24,29-33,47H,5-6,25-28H2,1-4H3,(H6,49,50,51,52,53,54,55,63,64,65)/p+3. The smallest absolute Gasteiger partial charge is 0.505 e. The summed E-state index contributed by atoms with van der Waals surface area (Å²) in [6.45, 7) is 2.49. The van der Waals surface area contributed by atoms with E-state index in [2.05, 4.69) is 37.3 Å². The first-order valence-electron chi connectivity index (χ1n) is 21.4. The highest BCUT2D eigenvalue weighted by molar-refractivity contribution is 5.97. The van der Waals surface area contributed by atoms with E-state index in [0.717, 1.165) is 45.5 Å². The van der Waals surface area contributed by atoms with E-state index >= 15 is 0 Å². The second-order valence-corrected chi connectivity index (χ2v) is 16.1. The molecule has 5 aromatic carbocycles. The van der Waals surface area contributed by atoms with Gasteiger partial charge in [-0.1, -0.05) is 0 Å². The Morgan fingerprint density at radius 1 is 0.708 bits per heavy atom. The number of nitrogens with one attached hydrogen (secondary N) is 4. The number of benzene rings is 5. The molecule has 0 spiro atoms. The third kappa shape index (κ3) is 12.0. The summed E-state index contributed by atoms with van der Waals surface area (Å²) in [5.41, 5.74) is 18.5. The molecule has 3 unspecified atom stereocenters. The minimum Gasteiger partial charge on any atom is -0.505 e. The number of anilines is 6. The number of guanidine groups is 1. The lowest BCUT2D eigenvalue weighted by Gasteiger charge is -2.22. The summed E-state index contributed by atoms with van der Waals surface area (Å²) in [7, 11) is 7.43. The molecule has 7 rings (SSSR count). The van der Waals surface area contributed by atoms with Crippen molar-refractivity contribution in [3.63, 3.8) is 0 Å². The van der Waals surface area contributed by atoms with Gasteiger partial charge < -0.3 is 41.9 Å². The average molecular weight is 878 g/mol. The summed E-state index contributed by atoms with van der Waals surface area (Å²) in [6, 6.07) is 34.6. The Hall–Kier alpha value is -7.89. The maximum atomic E-state index is 13.4. The predicted octanol–water partition coefficient (Wildman–Crippen LogP) is 5.49. The lowest BCUT2D eigenvalue weighted by atomic mass is 10.1.